The van der Waals surface area contributed by atoms with Crippen molar-refractivity contribution in [3.05, 3.63) is 34.9 Å². The van der Waals surface area contributed by atoms with Gasteiger partial charge in [-0.2, -0.15) is 0 Å². The van der Waals surface area contributed by atoms with E-state index in [0.717, 1.165) is 18.0 Å². The van der Waals surface area contributed by atoms with Gasteiger partial charge in [-0.3, -0.25) is 0 Å². The van der Waals surface area contributed by atoms with Crippen LogP contribution in [0.15, 0.2) is 24.3 Å². The molecule has 0 aromatic heterocycles. The first kappa shape index (κ1) is 14.5. The van der Waals surface area contributed by atoms with Gasteiger partial charge >= 0.3 is 0 Å². The number of rotatable bonds is 6. The van der Waals surface area contributed by atoms with Crippen molar-refractivity contribution in [1.82, 2.24) is 4.90 Å². The standard InChI is InChI=1S/C14H22ClNO/c1-11(12(2)16(3)9-4-10-17)13-5-7-14(15)8-6-13/h5-8,11-12,17H,4,9-10H2,1-3H3. The normalized spacial score (nSPS) is 14.9. The van der Waals surface area contributed by atoms with E-state index in [1.54, 1.807) is 0 Å². The molecule has 0 radical (unpaired) electrons. The Labute approximate surface area is 109 Å². The largest absolute Gasteiger partial charge is 0.396 e. The Morgan fingerprint density at radius 1 is 1.24 bits per heavy atom. The van der Waals surface area contributed by atoms with Crippen molar-refractivity contribution in [2.75, 3.05) is 20.2 Å². The predicted molar refractivity (Wildman–Crippen MR) is 73.7 cm³/mol. The van der Waals surface area contributed by atoms with Crippen LogP contribution in [0, 0.1) is 0 Å². The second-order valence-electron chi connectivity index (χ2n) is 4.64. The number of aliphatic hydroxyl groups excluding tert-OH is 1. The van der Waals surface area contributed by atoms with Gasteiger partial charge in [0.1, 0.15) is 0 Å². The highest BCUT2D eigenvalue weighted by molar-refractivity contribution is 6.30. The van der Waals surface area contributed by atoms with Crippen molar-refractivity contribution >= 4 is 11.6 Å². The Balaban J connectivity index is 2.62. The third kappa shape index (κ3) is 4.30. The number of halogens is 1. The molecule has 0 amide bonds. The van der Waals surface area contributed by atoms with Crippen molar-refractivity contribution in [3.8, 4) is 0 Å². The molecular formula is C14H22ClNO. The van der Waals surface area contributed by atoms with Gasteiger partial charge in [0, 0.05) is 24.2 Å². The maximum atomic E-state index is 8.84. The number of likely N-dealkylation sites (N-methyl/N-ethyl adjacent to an activating group) is 1. The molecule has 0 aliphatic rings. The van der Waals surface area contributed by atoms with E-state index >= 15 is 0 Å². The summed E-state index contributed by atoms with van der Waals surface area (Å²) < 4.78 is 0. The molecule has 0 saturated carbocycles. The molecule has 0 bridgehead atoms. The Morgan fingerprint density at radius 2 is 1.82 bits per heavy atom. The van der Waals surface area contributed by atoms with Gasteiger partial charge in [-0.25, -0.2) is 0 Å². The molecule has 17 heavy (non-hydrogen) atoms. The number of benzene rings is 1. The summed E-state index contributed by atoms with van der Waals surface area (Å²) in [5.41, 5.74) is 1.30. The lowest BCUT2D eigenvalue weighted by atomic mass is 9.93. The van der Waals surface area contributed by atoms with Crippen LogP contribution < -0.4 is 0 Å². The molecule has 2 unspecified atom stereocenters. The molecule has 0 aliphatic heterocycles. The van der Waals surface area contributed by atoms with Gasteiger partial charge in [0.25, 0.3) is 0 Å². The Kier molecular flexibility index (Phi) is 5.96. The van der Waals surface area contributed by atoms with Crippen LogP contribution in [-0.4, -0.2) is 36.2 Å². The lowest BCUT2D eigenvalue weighted by Gasteiger charge is -2.30. The van der Waals surface area contributed by atoms with E-state index in [9.17, 15) is 0 Å². The van der Waals surface area contributed by atoms with Crippen molar-refractivity contribution in [2.45, 2.75) is 32.2 Å². The maximum absolute atomic E-state index is 8.84. The average Bonchev–Trinajstić information content (AvgIpc) is 2.35. The van der Waals surface area contributed by atoms with Gasteiger partial charge < -0.3 is 10.0 Å². The van der Waals surface area contributed by atoms with Gasteiger partial charge in [-0.1, -0.05) is 30.7 Å². The van der Waals surface area contributed by atoms with E-state index in [-0.39, 0.29) is 6.61 Å². The van der Waals surface area contributed by atoms with Crippen LogP contribution in [0.3, 0.4) is 0 Å². The van der Waals surface area contributed by atoms with E-state index in [1.165, 1.54) is 5.56 Å². The summed E-state index contributed by atoms with van der Waals surface area (Å²) in [4.78, 5) is 2.29. The van der Waals surface area contributed by atoms with Crippen LogP contribution in [0.5, 0.6) is 0 Å². The molecule has 0 aliphatic carbocycles. The fourth-order valence-electron chi connectivity index (χ4n) is 1.95. The number of nitrogens with zero attached hydrogens (tertiary/aromatic N) is 1. The summed E-state index contributed by atoms with van der Waals surface area (Å²) in [7, 11) is 2.10. The molecule has 0 spiro atoms. The van der Waals surface area contributed by atoms with Crippen LogP contribution in [0.25, 0.3) is 0 Å². The summed E-state index contributed by atoms with van der Waals surface area (Å²) in [6, 6.07) is 8.50. The smallest absolute Gasteiger partial charge is 0.0443 e. The Bertz CT molecular complexity index is 325. The zero-order chi connectivity index (χ0) is 12.8. The van der Waals surface area contributed by atoms with Gasteiger partial charge in [0.05, 0.1) is 0 Å². The molecule has 0 heterocycles. The van der Waals surface area contributed by atoms with Crippen LogP contribution in [0.1, 0.15) is 31.7 Å². The second-order valence-corrected chi connectivity index (χ2v) is 5.08. The van der Waals surface area contributed by atoms with Gasteiger partial charge in [0.15, 0.2) is 0 Å². The minimum absolute atomic E-state index is 0.256. The molecule has 96 valence electrons. The summed E-state index contributed by atoms with van der Waals surface area (Å²) in [6.07, 6.45) is 0.828. The fraction of sp³-hybridized carbons (Fsp3) is 0.571. The molecule has 0 fully saturated rings. The topological polar surface area (TPSA) is 23.5 Å². The van der Waals surface area contributed by atoms with Gasteiger partial charge in [0.2, 0.25) is 0 Å². The first-order valence-corrected chi connectivity index (χ1v) is 6.50. The Morgan fingerprint density at radius 3 is 2.35 bits per heavy atom. The van der Waals surface area contributed by atoms with E-state index in [4.69, 9.17) is 16.7 Å². The average molecular weight is 256 g/mol. The molecule has 2 nitrogen and oxygen atoms in total. The number of hydrogen-bond donors (Lipinski definition) is 1. The Hall–Kier alpha value is -0.570. The summed E-state index contributed by atoms with van der Waals surface area (Å²) in [5, 5.41) is 9.62. The molecule has 1 rings (SSSR count). The molecule has 3 heteroatoms. The van der Waals surface area contributed by atoms with Crippen molar-refractivity contribution in [2.24, 2.45) is 0 Å². The zero-order valence-corrected chi connectivity index (χ0v) is 11.6. The number of aliphatic hydroxyl groups is 1. The third-order valence-corrected chi connectivity index (χ3v) is 3.74. The quantitative estimate of drug-likeness (QED) is 0.844. The third-order valence-electron chi connectivity index (χ3n) is 3.48. The van der Waals surface area contributed by atoms with E-state index < -0.39 is 0 Å². The number of hydrogen-bond acceptors (Lipinski definition) is 2. The van der Waals surface area contributed by atoms with Crippen molar-refractivity contribution < 1.29 is 5.11 Å². The predicted octanol–water partition coefficient (Wildman–Crippen LogP) is 3.15. The highest BCUT2D eigenvalue weighted by atomic mass is 35.5. The highest BCUT2D eigenvalue weighted by Crippen LogP contribution is 2.23. The second kappa shape index (κ2) is 7.00. The molecule has 1 aromatic carbocycles. The van der Waals surface area contributed by atoms with Crippen LogP contribution in [0.4, 0.5) is 0 Å². The van der Waals surface area contributed by atoms with E-state index in [2.05, 4.69) is 37.9 Å². The molecule has 1 N–H and O–H groups in total. The highest BCUT2D eigenvalue weighted by Gasteiger charge is 2.18. The lowest BCUT2D eigenvalue weighted by Crippen LogP contribution is -2.34. The van der Waals surface area contributed by atoms with E-state index in [1.807, 2.05) is 12.1 Å². The lowest BCUT2D eigenvalue weighted by molar-refractivity contribution is 0.200. The summed E-state index contributed by atoms with van der Waals surface area (Å²) in [6.45, 7) is 5.63. The molecule has 1 aromatic rings. The molecular weight excluding hydrogens is 234 g/mol. The van der Waals surface area contributed by atoms with Gasteiger partial charge in [-0.15, -0.1) is 0 Å². The molecule has 2 atom stereocenters. The first-order valence-electron chi connectivity index (χ1n) is 6.12. The minimum Gasteiger partial charge on any atom is -0.396 e. The van der Waals surface area contributed by atoms with Gasteiger partial charge in [-0.05, 0) is 44.0 Å². The first-order chi connectivity index (χ1) is 8.06. The monoisotopic (exact) mass is 255 g/mol. The maximum Gasteiger partial charge on any atom is 0.0443 e. The van der Waals surface area contributed by atoms with E-state index in [0.29, 0.717) is 12.0 Å². The summed E-state index contributed by atoms with van der Waals surface area (Å²) >= 11 is 5.89. The van der Waals surface area contributed by atoms with Crippen LogP contribution in [0.2, 0.25) is 5.02 Å². The van der Waals surface area contributed by atoms with Crippen molar-refractivity contribution in [3.63, 3.8) is 0 Å². The zero-order valence-electron chi connectivity index (χ0n) is 10.9. The molecule has 0 saturated heterocycles. The summed E-state index contributed by atoms with van der Waals surface area (Å²) in [5.74, 6) is 0.455. The van der Waals surface area contributed by atoms with Crippen molar-refractivity contribution in [1.29, 1.82) is 0 Å². The van der Waals surface area contributed by atoms with Crippen LogP contribution in [-0.2, 0) is 0 Å². The SMILES string of the molecule is CC(c1ccc(Cl)cc1)C(C)N(C)CCCO. The fourth-order valence-corrected chi connectivity index (χ4v) is 2.08. The van der Waals surface area contributed by atoms with Crippen LogP contribution >= 0.6 is 11.6 Å². The minimum atomic E-state index is 0.256.